The second kappa shape index (κ2) is 14.3. The van der Waals surface area contributed by atoms with Gasteiger partial charge < -0.3 is 30.3 Å². The molecule has 1 aliphatic rings. The number of aromatic nitrogens is 2. The Kier molecular flexibility index (Phi) is 10.9. The lowest BCUT2D eigenvalue weighted by molar-refractivity contribution is -0.134. The molecule has 4 rings (SSSR count). The zero-order valence-corrected chi connectivity index (χ0v) is 20.3. The van der Waals surface area contributed by atoms with E-state index in [-0.39, 0.29) is 6.04 Å². The van der Waals surface area contributed by atoms with Crippen molar-refractivity contribution in [1.29, 1.82) is 0 Å². The Hall–Kier alpha value is -5.26. The molecule has 0 aliphatic carbocycles. The number of nitrogens with one attached hydrogen (secondary N) is 1. The molecule has 38 heavy (non-hydrogen) atoms. The van der Waals surface area contributed by atoms with E-state index in [1.807, 2.05) is 18.7 Å². The summed E-state index contributed by atoms with van der Waals surface area (Å²) in [6, 6.07) is 13.0. The lowest BCUT2D eigenvalue weighted by Crippen LogP contribution is -2.13. The minimum atomic E-state index is -1.26. The number of hydrogen-bond donors (Lipinski definition) is 5. The summed E-state index contributed by atoms with van der Waals surface area (Å²) in [6.45, 7) is 3.10. The quantitative estimate of drug-likeness (QED) is 0.275. The SMILES string of the molecule is CC(CCn1ccnc1)N=C1Nc2cccc3cccc1c23.O=C(O)/C=C/C(=O)O.O=C(O)/C=C/C(=O)O. The monoisotopic (exact) mass is 522 g/mol. The van der Waals surface area contributed by atoms with Crippen LogP contribution < -0.4 is 5.32 Å². The highest BCUT2D eigenvalue weighted by atomic mass is 16.4. The van der Waals surface area contributed by atoms with Gasteiger partial charge in [-0.3, -0.25) is 4.99 Å². The first-order valence-electron chi connectivity index (χ1n) is 11.2. The van der Waals surface area contributed by atoms with Gasteiger partial charge in [-0.05, 0) is 24.8 Å². The van der Waals surface area contributed by atoms with Gasteiger partial charge in [0.05, 0.1) is 12.4 Å². The molecular formula is C26H26N4O8. The van der Waals surface area contributed by atoms with Crippen molar-refractivity contribution in [3.63, 3.8) is 0 Å². The largest absolute Gasteiger partial charge is 0.478 e. The predicted molar refractivity (Wildman–Crippen MR) is 139 cm³/mol. The maximum absolute atomic E-state index is 9.55. The van der Waals surface area contributed by atoms with Gasteiger partial charge in [0.1, 0.15) is 5.84 Å². The maximum Gasteiger partial charge on any atom is 0.328 e. The third-order valence-electron chi connectivity index (χ3n) is 4.86. The molecule has 0 amide bonds. The van der Waals surface area contributed by atoms with Gasteiger partial charge in [0.2, 0.25) is 0 Å². The third kappa shape index (κ3) is 9.77. The number of carbonyl (C=O) groups is 4. The lowest BCUT2D eigenvalue weighted by Gasteiger charge is -2.09. The normalized spacial score (nSPS) is 13.3. The average Bonchev–Trinajstić information content (AvgIpc) is 3.51. The number of hydrogen-bond acceptors (Lipinski definition) is 6. The molecule has 0 saturated heterocycles. The molecule has 198 valence electrons. The highest BCUT2D eigenvalue weighted by molar-refractivity contribution is 6.26. The number of amidine groups is 1. The molecule has 2 heterocycles. The van der Waals surface area contributed by atoms with Crippen molar-refractivity contribution in [2.45, 2.75) is 25.9 Å². The van der Waals surface area contributed by atoms with E-state index in [0.717, 1.165) is 24.5 Å². The molecule has 1 aliphatic heterocycles. The molecule has 2 aromatic carbocycles. The van der Waals surface area contributed by atoms with Crippen molar-refractivity contribution in [2.75, 3.05) is 5.32 Å². The van der Waals surface area contributed by atoms with Gasteiger partial charge in [0, 0.05) is 59.9 Å². The van der Waals surface area contributed by atoms with E-state index in [1.165, 1.54) is 16.3 Å². The van der Waals surface area contributed by atoms with Crippen LogP contribution in [0.2, 0.25) is 0 Å². The Labute approximate surface area is 216 Å². The molecule has 0 radical (unpaired) electrons. The number of rotatable bonds is 8. The van der Waals surface area contributed by atoms with Gasteiger partial charge in [0.25, 0.3) is 0 Å². The minimum absolute atomic E-state index is 0.259. The summed E-state index contributed by atoms with van der Waals surface area (Å²) in [6.07, 6.45) is 8.88. The summed E-state index contributed by atoms with van der Waals surface area (Å²) in [5.74, 6) is -4.04. The predicted octanol–water partition coefficient (Wildman–Crippen LogP) is 3.11. The number of aryl methyl sites for hydroxylation is 1. The van der Waals surface area contributed by atoms with Crippen LogP contribution in [-0.4, -0.2) is 65.7 Å². The minimum Gasteiger partial charge on any atom is -0.478 e. The molecule has 0 saturated carbocycles. The summed E-state index contributed by atoms with van der Waals surface area (Å²) in [5, 5.41) is 37.3. The van der Waals surface area contributed by atoms with E-state index >= 15 is 0 Å². The van der Waals surface area contributed by atoms with E-state index in [9.17, 15) is 19.2 Å². The Morgan fingerprint density at radius 3 is 1.97 bits per heavy atom. The molecule has 1 aromatic heterocycles. The number of carboxylic acids is 4. The average molecular weight is 523 g/mol. The molecule has 0 fully saturated rings. The summed E-state index contributed by atoms with van der Waals surface area (Å²) in [4.78, 5) is 47.2. The Bertz CT molecular complexity index is 1310. The van der Waals surface area contributed by atoms with Crippen LogP contribution in [-0.2, 0) is 25.7 Å². The third-order valence-corrected chi connectivity index (χ3v) is 4.86. The van der Waals surface area contributed by atoms with Crippen LogP contribution in [0.3, 0.4) is 0 Å². The van der Waals surface area contributed by atoms with E-state index in [4.69, 9.17) is 25.4 Å². The van der Waals surface area contributed by atoms with Crippen LogP contribution >= 0.6 is 0 Å². The van der Waals surface area contributed by atoms with Crippen molar-refractivity contribution in [3.05, 3.63) is 85.0 Å². The standard InChI is InChI=1S/C18H18N4.2C4H4O4/c1-13(8-10-22-11-9-19-12-22)20-18-15-6-2-4-14-5-3-7-16(21-18)17(14)15;2*5-3(6)1-2-4(7)8/h2-7,9,11-13H,8,10H2,1H3,(H,20,21);2*1-2H,(H,5,6)(H,7,8)/b;2*2-1+. The number of imidazole rings is 1. The topological polar surface area (TPSA) is 191 Å². The van der Waals surface area contributed by atoms with E-state index in [1.54, 1.807) is 0 Å². The maximum atomic E-state index is 9.55. The second-order valence-corrected chi connectivity index (χ2v) is 7.77. The van der Waals surface area contributed by atoms with Crippen LogP contribution in [0.5, 0.6) is 0 Å². The van der Waals surface area contributed by atoms with Gasteiger partial charge in [0.15, 0.2) is 0 Å². The van der Waals surface area contributed by atoms with Crippen LogP contribution in [0.1, 0.15) is 18.9 Å². The van der Waals surface area contributed by atoms with Gasteiger partial charge in [-0.25, -0.2) is 24.2 Å². The Balaban J connectivity index is 0.000000264. The number of carboxylic acid groups (broad SMARTS) is 4. The summed E-state index contributed by atoms with van der Waals surface area (Å²) in [5.41, 5.74) is 2.37. The fraction of sp³-hybridized carbons (Fsp3) is 0.154. The van der Waals surface area contributed by atoms with Crippen molar-refractivity contribution in [2.24, 2.45) is 4.99 Å². The number of nitrogens with zero attached hydrogens (tertiary/aromatic N) is 3. The van der Waals surface area contributed by atoms with Crippen molar-refractivity contribution in [3.8, 4) is 0 Å². The molecule has 0 spiro atoms. The van der Waals surface area contributed by atoms with Gasteiger partial charge in [-0.1, -0.05) is 30.3 Å². The van der Waals surface area contributed by atoms with E-state index in [2.05, 4.69) is 58.2 Å². The van der Waals surface area contributed by atoms with Crippen LogP contribution in [0.15, 0.2) is 84.4 Å². The molecular weight excluding hydrogens is 496 g/mol. The lowest BCUT2D eigenvalue weighted by atomic mass is 10.1. The van der Waals surface area contributed by atoms with Gasteiger partial charge in [-0.2, -0.15) is 0 Å². The smallest absolute Gasteiger partial charge is 0.328 e. The first-order chi connectivity index (χ1) is 18.1. The zero-order chi connectivity index (χ0) is 28.1. The molecule has 3 aromatic rings. The van der Waals surface area contributed by atoms with Crippen LogP contribution in [0.25, 0.3) is 10.8 Å². The molecule has 1 atom stereocenters. The zero-order valence-electron chi connectivity index (χ0n) is 20.3. The Morgan fingerprint density at radius 2 is 1.47 bits per heavy atom. The van der Waals surface area contributed by atoms with Gasteiger partial charge >= 0.3 is 23.9 Å². The van der Waals surface area contributed by atoms with Gasteiger partial charge in [-0.15, -0.1) is 0 Å². The number of anilines is 1. The Morgan fingerprint density at radius 1 is 0.921 bits per heavy atom. The fourth-order valence-electron chi connectivity index (χ4n) is 3.26. The van der Waals surface area contributed by atoms with Crippen molar-refractivity contribution in [1.82, 2.24) is 9.55 Å². The number of aliphatic carboxylic acids is 4. The summed E-state index contributed by atoms with van der Waals surface area (Å²) >= 11 is 0. The molecule has 0 bridgehead atoms. The van der Waals surface area contributed by atoms with E-state index < -0.39 is 23.9 Å². The molecule has 5 N–H and O–H groups in total. The first-order valence-corrected chi connectivity index (χ1v) is 11.2. The van der Waals surface area contributed by atoms with Crippen LogP contribution in [0.4, 0.5) is 5.69 Å². The molecule has 12 heteroatoms. The highest BCUT2D eigenvalue weighted by Crippen LogP contribution is 2.33. The number of aliphatic imine (C=N–C) groups is 1. The van der Waals surface area contributed by atoms with Crippen molar-refractivity contribution < 1.29 is 39.6 Å². The van der Waals surface area contributed by atoms with Crippen LogP contribution in [0, 0.1) is 0 Å². The van der Waals surface area contributed by atoms with E-state index in [0.29, 0.717) is 24.3 Å². The molecule has 12 nitrogen and oxygen atoms in total. The fourth-order valence-corrected chi connectivity index (χ4v) is 3.26. The van der Waals surface area contributed by atoms with Crippen molar-refractivity contribution >= 4 is 46.2 Å². The molecule has 1 unspecified atom stereocenters. The summed E-state index contributed by atoms with van der Waals surface area (Å²) < 4.78 is 2.09. The second-order valence-electron chi connectivity index (χ2n) is 7.77. The highest BCUT2D eigenvalue weighted by Gasteiger charge is 2.19. The first kappa shape index (κ1) is 29.0. The number of benzene rings is 2. The summed E-state index contributed by atoms with van der Waals surface area (Å²) in [7, 11) is 0.